The van der Waals surface area contributed by atoms with Crippen molar-refractivity contribution in [2.75, 3.05) is 45.7 Å². The first-order valence-electron chi connectivity index (χ1n) is 7.18. The lowest BCUT2D eigenvalue weighted by Gasteiger charge is -2.44. The summed E-state index contributed by atoms with van der Waals surface area (Å²) in [7, 11) is 3.71. The van der Waals surface area contributed by atoms with Crippen molar-refractivity contribution in [1.82, 2.24) is 9.80 Å². The number of rotatable bonds is 2. The van der Waals surface area contributed by atoms with Gasteiger partial charge in [0.25, 0.3) is 0 Å². The summed E-state index contributed by atoms with van der Waals surface area (Å²) in [6.45, 7) is 3.04. The van der Waals surface area contributed by atoms with Crippen LogP contribution in [0.25, 0.3) is 0 Å². The van der Waals surface area contributed by atoms with Gasteiger partial charge in [0.1, 0.15) is 5.75 Å². The van der Waals surface area contributed by atoms with Crippen LogP contribution in [-0.2, 0) is 4.74 Å². The summed E-state index contributed by atoms with van der Waals surface area (Å²) in [6, 6.07) is 7.28. The maximum absolute atomic E-state index is 12.3. The number of nitrogens with zero attached hydrogens (tertiary/aromatic N) is 2. The molecule has 2 unspecified atom stereocenters. The van der Waals surface area contributed by atoms with Gasteiger partial charge < -0.3 is 24.6 Å². The Hall–Kier alpha value is -1.79. The van der Waals surface area contributed by atoms with Crippen molar-refractivity contribution >= 4 is 11.7 Å². The van der Waals surface area contributed by atoms with Crippen LogP contribution < -0.4 is 10.1 Å². The molecule has 6 nitrogen and oxygen atoms in total. The van der Waals surface area contributed by atoms with Gasteiger partial charge in [0, 0.05) is 31.9 Å². The van der Waals surface area contributed by atoms with E-state index >= 15 is 0 Å². The van der Waals surface area contributed by atoms with Crippen molar-refractivity contribution in [2.24, 2.45) is 0 Å². The van der Waals surface area contributed by atoms with E-state index < -0.39 is 0 Å². The third-order valence-corrected chi connectivity index (χ3v) is 3.89. The van der Waals surface area contributed by atoms with Crippen LogP contribution in [0.15, 0.2) is 24.3 Å². The molecule has 0 aromatic heterocycles. The molecular formula is C15H21N3O3. The van der Waals surface area contributed by atoms with Gasteiger partial charge in [0.2, 0.25) is 0 Å². The van der Waals surface area contributed by atoms with E-state index in [2.05, 4.69) is 17.3 Å². The van der Waals surface area contributed by atoms with Crippen molar-refractivity contribution in [3.05, 3.63) is 24.3 Å². The molecule has 1 aromatic carbocycles. The van der Waals surface area contributed by atoms with Crippen LogP contribution in [0.4, 0.5) is 10.5 Å². The Kier molecular flexibility index (Phi) is 3.98. The molecule has 2 saturated heterocycles. The number of likely N-dealkylation sites (N-methyl/N-ethyl adjacent to an activating group) is 1. The van der Waals surface area contributed by atoms with E-state index in [4.69, 9.17) is 9.47 Å². The average Bonchev–Trinajstić information content (AvgIpc) is 2.46. The van der Waals surface area contributed by atoms with E-state index in [1.165, 1.54) is 0 Å². The summed E-state index contributed by atoms with van der Waals surface area (Å²) in [6.07, 6.45) is 0.230. The van der Waals surface area contributed by atoms with Crippen molar-refractivity contribution in [2.45, 2.75) is 12.2 Å². The SMILES string of the molecule is COc1ccc(NC(=O)N2CC3CN(C)CC(C2)O3)cc1. The molecule has 2 fully saturated rings. The second kappa shape index (κ2) is 5.91. The molecule has 0 radical (unpaired) electrons. The quantitative estimate of drug-likeness (QED) is 0.891. The standard InChI is InChI=1S/C15H21N3O3/c1-17-7-13-9-18(10-14(8-17)21-13)15(19)16-11-3-5-12(20-2)6-4-11/h3-6,13-14H,7-10H2,1-2H3,(H,16,19). The lowest BCUT2D eigenvalue weighted by Crippen LogP contribution is -2.60. The minimum atomic E-state index is -0.0666. The number of hydrogen-bond donors (Lipinski definition) is 1. The van der Waals surface area contributed by atoms with Crippen LogP contribution in [0.5, 0.6) is 5.75 Å². The van der Waals surface area contributed by atoms with Crippen molar-refractivity contribution < 1.29 is 14.3 Å². The number of benzene rings is 1. The number of morpholine rings is 2. The number of anilines is 1. The number of amides is 2. The smallest absolute Gasteiger partial charge is 0.322 e. The lowest BCUT2D eigenvalue weighted by molar-refractivity contribution is -0.122. The number of methoxy groups -OCH3 is 1. The average molecular weight is 291 g/mol. The molecule has 114 valence electrons. The zero-order valence-electron chi connectivity index (χ0n) is 12.4. The Morgan fingerprint density at radius 1 is 1.19 bits per heavy atom. The van der Waals surface area contributed by atoms with Crippen molar-refractivity contribution in [3.8, 4) is 5.75 Å². The summed E-state index contributed by atoms with van der Waals surface area (Å²) in [5.41, 5.74) is 0.773. The highest BCUT2D eigenvalue weighted by molar-refractivity contribution is 5.89. The van der Waals surface area contributed by atoms with Gasteiger partial charge in [0.05, 0.1) is 19.3 Å². The third-order valence-electron chi connectivity index (χ3n) is 3.89. The van der Waals surface area contributed by atoms with Gasteiger partial charge in [-0.1, -0.05) is 0 Å². The maximum Gasteiger partial charge on any atom is 0.322 e. The number of nitrogens with one attached hydrogen (secondary N) is 1. The van der Waals surface area contributed by atoms with Crippen LogP contribution >= 0.6 is 0 Å². The Labute approximate surface area is 124 Å². The lowest BCUT2D eigenvalue weighted by atomic mass is 10.1. The number of carbonyl (C=O) groups is 1. The molecule has 0 aliphatic carbocycles. The number of carbonyl (C=O) groups excluding carboxylic acids is 1. The Bertz CT molecular complexity index is 487. The van der Waals surface area contributed by atoms with Crippen LogP contribution in [-0.4, -0.2) is 68.4 Å². The first kappa shape index (κ1) is 14.2. The predicted octanol–water partition coefficient (Wildman–Crippen LogP) is 1.24. The fraction of sp³-hybridized carbons (Fsp3) is 0.533. The van der Waals surface area contributed by atoms with Gasteiger partial charge in [-0.2, -0.15) is 0 Å². The summed E-state index contributed by atoms with van der Waals surface area (Å²) in [5.74, 6) is 0.775. The summed E-state index contributed by atoms with van der Waals surface area (Å²) >= 11 is 0. The molecule has 0 saturated carbocycles. The minimum Gasteiger partial charge on any atom is -0.497 e. The molecule has 2 bridgehead atoms. The highest BCUT2D eigenvalue weighted by Gasteiger charge is 2.35. The van der Waals surface area contributed by atoms with Crippen LogP contribution in [0.3, 0.4) is 0 Å². The first-order valence-corrected chi connectivity index (χ1v) is 7.18. The summed E-state index contributed by atoms with van der Waals surface area (Å²) in [5, 5.41) is 2.93. The zero-order valence-corrected chi connectivity index (χ0v) is 12.4. The summed E-state index contributed by atoms with van der Waals surface area (Å²) < 4.78 is 11.0. The topological polar surface area (TPSA) is 54.0 Å². The molecule has 0 spiro atoms. The van der Waals surface area contributed by atoms with Gasteiger partial charge >= 0.3 is 6.03 Å². The predicted molar refractivity (Wildman–Crippen MR) is 79.7 cm³/mol. The van der Waals surface area contributed by atoms with E-state index in [1.54, 1.807) is 7.11 Å². The fourth-order valence-electron chi connectivity index (χ4n) is 2.94. The number of urea groups is 1. The van der Waals surface area contributed by atoms with Gasteiger partial charge in [-0.3, -0.25) is 0 Å². The second-order valence-corrected chi connectivity index (χ2v) is 5.66. The van der Waals surface area contributed by atoms with Crippen LogP contribution in [0, 0.1) is 0 Å². The highest BCUT2D eigenvalue weighted by atomic mass is 16.5. The maximum atomic E-state index is 12.3. The van der Waals surface area contributed by atoms with Crippen LogP contribution in [0.2, 0.25) is 0 Å². The Morgan fingerprint density at radius 3 is 2.38 bits per heavy atom. The molecule has 2 heterocycles. The Balaban J connectivity index is 1.60. The Morgan fingerprint density at radius 2 is 1.81 bits per heavy atom. The molecule has 21 heavy (non-hydrogen) atoms. The monoisotopic (exact) mass is 291 g/mol. The van der Waals surface area contributed by atoms with Crippen molar-refractivity contribution in [1.29, 1.82) is 0 Å². The molecule has 2 atom stereocenters. The van der Waals surface area contributed by atoms with E-state index in [0.29, 0.717) is 13.1 Å². The second-order valence-electron chi connectivity index (χ2n) is 5.66. The van der Waals surface area contributed by atoms with Gasteiger partial charge in [-0.25, -0.2) is 4.79 Å². The van der Waals surface area contributed by atoms with Gasteiger partial charge in [-0.05, 0) is 31.3 Å². The minimum absolute atomic E-state index is 0.0666. The van der Waals surface area contributed by atoms with E-state index in [-0.39, 0.29) is 18.2 Å². The van der Waals surface area contributed by atoms with E-state index in [9.17, 15) is 4.79 Å². The largest absolute Gasteiger partial charge is 0.497 e. The normalized spacial score (nSPS) is 25.5. The number of ether oxygens (including phenoxy) is 2. The van der Waals surface area contributed by atoms with Crippen LogP contribution in [0.1, 0.15) is 0 Å². The number of hydrogen-bond acceptors (Lipinski definition) is 4. The highest BCUT2D eigenvalue weighted by Crippen LogP contribution is 2.20. The first-order chi connectivity index (χ1) is 10.1. The molecule has 1 aromatic rings. The van der Waals surface area contributed by atoms with Gasteiger partial charge in [0.15, 0.2) is 0 Å². The molecule has 3 rings (SSSR count). The molecule has 2 aliphatic rings. The number of fused-ring (bicyclic) bond motifs is 2. The molecule has 1 N–H and O–H groups in total. The molecular weight excluding hydrogens is 270 g/mol. The molecule has 2 aliphatic heterocycles. The summed E-state index contributed by atoms with van der Waals surface area (Å²) in [4.78, 5) is 16.5. The van der Waals surface area contributed by atoms with E-state index in [1.807, 2.05) is 29.2 Å². The zero-order chi connectivity index (χ0) is 14.8. The molecule has 6 heteroatoms. The third kappa shape index (κ3) is 3.28. The molecule has 2 amide bonds. The van der Waals surface area contributed by atoms with Crippen molar-refractivity contribution in [3.63, 3.8) is 0 Å². The van der Waals surface area contributed by atoms with E-state index in [0.717, 1.165) is 24.5 Å². The fourth-order valence-corrected chi connectivity index (χ4v) is 2.94. The van der Waals surface area contributed by atoms with Gasteiger partial charge in [-0.15, -0.1) is 0 Å².